The molecule has 1 saturated heterocycles. The van der Waals surface area contributed by atoms with Gasteiger partial charge in [0.25, 0.3) is 0 Å². The normalized spacial score (nSPS) is 40.1. The molecule has 1 N–H and O–H groups in total. The van der Waals surface area contributed by atoms with Crippen molar-refractivity contribution in [3.05, 3.63) is 0 Å². The van der Waals surface area contributed by atoms with Crippen molar-refractivity contribution >= 4 is 0 Å². The van der Waals surface area contributed by atoms with Crippen LogP contribution in [0.25, 0.3) is 0 Å². The summed E-state index contributed by atoms with van der Waals surface area (Å²) in [6.45, 7) is 8.55. The van der Waals surface area contributed by atoms with Crippen molar-refractivity contribution in [1.29, 1.82) is 0 Å². The first-order valence-electron chi connectivity index (χ1n) is 7.56. The van der Waals surface area contributed by atoms with Crippen molar-refractivity contribution in [2.75, 3.05) is 13.6 Å². The summed E-state index contributed by atoms with van der Waals surface area (Å²) in [5, 5.41) is 3.57. The predicted octanol–water partition coefficient (Wildman–Crippen LogP) is 2.88. The van der Waals surface area contributed by atoms with Crippen LogP contribution in [0.4, 0.5) is 0 Å². The Morgan fingerprint density at radius 1 is 1.18 bits per heavy atom. The zero-order valence-electron chi connectivity index (χ0n) is 12.1. The Morgan fingerprint density at radius 3 is 2.59 bits per heavy atom. The van der Waals surface area contributed by atoms with Crippen molar-refractivity contribution in [1.82, 2.24) is 10.2 Å². The Hall–Kier alpha value is -0.0800. The van der Waals surface area contributed by atoms with Gasteiger partial charge in [-0.3, -0.25) is 4.90 Å². The quantitative estimate of drug-likeness (QED) is 0.813. The smallest absolute Gasteiger partial charge is 0.0254 e. The lowest BCUT2D eigenvalue weighted by Gasteiger charge is -2.44. The van der Waals surface area contributed by atoms with Gasteiger partial charge < -0.3 is 5.32 Å². The Morgan fingerprint density at radius 2 is 1.94 bits per heavy atom. The second-order valence-corrected chi connectivity index (χ2v) is 6.57. The number of hydrogen-bond donors (Lipinski definition) is 1. The summed E-state index contributed by atoms with van der Waals surface area (Å²) in [6, 6.07) is 2.35. The van der Waals surface area contributed by atoms with Crippen LogP contribution in [-0.2, 0) is 0 Å². The van der Waals surface area contributed by atoms with Gasteiger partial charge in [0.05, 0.1) is 0 Å². The summed E-state index contributed by atoms with van der Waals surface area (Å²) < 4.78 is 0. The van der Waals surface area contributed by atoms with Gasteiger partial charge in [0, 0.05) is 18.1 Å². The van der Waals surface area contributed by atoms with Gasteiger partial charge in [0.2, 0.25) is 0 Å². The number of nitrogens with one attached hydrogen (secondary N) is 1. The minimum Gasteiger partial charge on any atom is -0.315 e. The van der Waals surface area contributed by atoms with Crippen LogP contribution in [0.15, 0.2) is 0 Å². The Bertz CT molecular complexity index is 239. The zero-order chi connectivity index (χ0) is 12.4. The van der Waals surface area contributed by atoms with Crippen LogP contribution >= 0.6 is 0 Å². The molecule has 2 fully saturated rings. The van der Waals surface area contributed by atoms with Crippen molar-refractivity contribution in [2.24, 2.45) is 11.8 Å². The van der Waals surface area contributed by atoms with E-state index >= 15 is 0 Å². The number of rotatable bonds is 3. The predicted molar refractivity (Wildman–Crippen MR) is 74.2 cm³/mol. The zero-order valence-corrected chi connectivity index (χ0v) is 12.1. The fraction of sp³-hybridized carbons (Fsp3) is 1.00. The Balaban J connectivity index is 2.07. The molecule has 2 nitrogen and oxygen atoms in total. The second kappa shape index (κ2) is 5.71. The van der Waals surface area contributed by atoms with Crippen molar-refractivity contribution in [3.8, 4) is 0 Å². The third-order valence-electron chi connectivity index (χ3n) is 4.99. The van der Waals surface area contributed by atoms with E-state index in [9.17, 15) is 0 Å². The molecule has 0 aromatic carbocycles. The topological polar surface area (TPSA) is 15.3 Å². The Labute approximate surface area is 107 Å². The number of nitrogens with zero attached hydrogens (tertiary/aromatic N) is 1. The molecule has 0 amide bonds. The highest BCUT2D eigenvalue weighted by atomic mass is 15.2. The number of likely N-dealkylation sites (N-methyl/N-ethyl adjacent to an activating group) is 1. The van der Waals surface area contributed by atoms with E-state index in [1.54, 1.807) is 0 Å². The standard InChI is InChI=1S/C15H30N2/c1-11(2)14-6-5-9-17(14)15-10-12(3)7-8-13(15)16-4/h11-16H,5-10H2,1-4H3. The molecule has 0 aromatic rings. The minimum absolute atomic E-state index is 0.727. The van der Waals surface area contributed by atoms with E-state index in [2.05, 4.69) is 38.0 Å². The molecule has 2 heteroatoms. The summed E-state index contributed by atoms with van der Waals surface area (Å²) in [6.07, 6.45) is 6.99. The van der Waals surface area contributed by atoms with Crippen LogP contribution in [0, 0.1) is 11.8 Å². The molecular weight excluding hydrogens is 208 g/mol. The molecule has 2 aliphatic rings. The maximum atomic E-state index is 3.57. The minimum atomic E-state index is 0.727. The van der Waals surface area contributed by atoms with E-state index in [-0.39, 0.29) is 0 Å². The molecule has 1 aliphatic heterocycles. The first kappa shape index (κ1) is 13.4. The summed E-state index contributed by atoms with van der Waals surface area (Å²) in [7, 11) is 2.15. The molecule has 1 aliphatic carbocycles. The first-order chi connectivity index (χ1) is 8.13. The SMILES string of the molecule is CNC1CCC(C)CC1N1CCCC1C(C)C. The van der Waals surface area contributed by atoms with Gasteiger partial charge in [-0.1, -0.05) is 20.8 Å². The molecule has 0 aromatic heterocycles. The molecule has 0 spiro atoms. The van der Waals surface area contributed by atoms with Crippen LogP contribution in [0.5, 0.6) is 0 Å². The lowest BCUT2D eigenvalue weighted by Crippen LogP contribution is -2.54. The van der Waals surface area contributed by atoms with E-state index in [1.165, 1.54) is 38.6 Å². The first-order valence-corrected chi connectivity index (χ1v) is 7.56. The van der Waals surface area contributed by atoms with E-state index in [1.807, 2.05) is 0 Å². The summed E-state index contributed by atoms with van der Waals surface area (Å²) in [5.74, 6) is 1.73. The van der Waals surface area contributed by atoms with Gasteiger partial charge >= 0.3 is 0 Å². The van der Waals surface area contributed by atoms with Gasteiger partial charge in [-0.25, -0.2) is 0 Å². The van der Waals surface area contributed by atoms with Gasteiger partial charge in [-0.2, -0.15) is 0 Å². The van der Waals surface area contributed by atoms with E-state index in [4.69, 9.17) is 0 Å². The van der Waals surface area contributed by atoms with Crippen LogP contribution in [0.1, 0.15) is 52.9 Å². The fourth-order valence-corrected chi connectivity index (χ4v) is 4.00. The molecule has 0 radical (unpaired) electrons. The van der Waals surface area contributed by atoms with E-state index < -0.39 is 0 Å². The monoisotopic (exact) mass is 238 g/mol. The molecule has 4 atom stereocenters. The lowest BCUT2D eigenvalue weighted by atomic mass is 9.82. The van der Waals surface area contributed by atoms with Crippen LogP contribution in [-0.4, -0.2) is 36.6 Å². The van der Waals surface area contributed by atoms with Crippen LogP contribution < -0.4 is 5.32 Å². The van der Waals surface area contributed by atoms with E-state index in [0.717, 1.165) is 30.0 Å². The molecule has 100 valence electrons. The molecule has 1 heterocycles. The number of likely N-dealkylation sites (tertiary alicyclic amines) is 1. The highest BCUT2D eigenvalue weighted by molar-refractivity contribution is 4.95. The van der Waals surface area contributed by atoms with Crippen LogP contribution in [0.3, 0.4) is 0 Å². The summed E-state index contributed by atoms with van der Waals surface area (Å²) >= 11 is 0. The fourth-order valence-electron chi connectivity index (χ4n) is 4.00. The molecule has 4 unspecified atom stereocenters. The largest absolute Gasteiger partial charge is 0.315 e. The maximum Gasteiger partial charge on any atom is 0.0254 e. The number of hydrogen-bond acceptors (Lipinski definition) is 2. The summed E-state index contributed by atoms with van der Waals surface area (Å²) in [5.41, 5.74) is 0. The van der Waals surface area contributed by atoms with Crippen molar-refractivity contribution < 1.29 is 0 Å². The van der Waals surface area contributed by atoms with Gasteiger partial charge in [-0.05, 0) is 57.5 Å². The molecular formula is C15H30N2. The van der Waals surface area contributed by atoms with Gasteiger partial charge in [-0.15, -0.1) is 0 Å². The molecule has 17 heavy (non-hydrogen) atoms. The average molecular weight is 238 g/mol. The highest BCUT2D eigenvalue weighted by Crippen LogP contribution is 2.34. The lowest BCUT2D eigenvalue weighted by molar-refractivity contribution is 0.0756. The molecule has 0 bridgehead atoms. The Kier molecular flexibility index (Phi) is 4.48. The summed E-state index contributed by atoms with van der Waals surface area (Å²) in [4.78, 5) is 2.83. The molecule has 2 rings (SSSR count). The second-order valence-electron chi connectivity index (χ2n) is 6.57. The third-order valence-corrected chi connectivity index (χ3v) is 4.99. The average Bonchev–Trinajstić information content (AvgIpc) is 2.77. The van der Waals surface area contributed by atoms with Crippen molar-refractivity contribution in [3.63, 3.8) is 0 Å². The molecule has 1 saturated carbocycles. The van der Waals surface area contributed by atoms with E-state index in [0.29, 0.717) is 0 Å². The van der Waals surface area contributed by atoms with Crippen molar-refractivity contribution in [2.45, 2.75) is 71.0 Å². The van der Waals surface area contributed by atoms with Crippen LogP contribution in [0.2, 0.25) is 0 Å². The highest BCUT2D eigenvalue weighted by Gasteiger charge is 2.38. The van der Waals surface area contributed by atoms with Gasteiger partial charge in [0.1, 0.15) is 0 Å². The van der Waals surface area contributed by atoms with Gasteiger partial charge in [0.15, 0.2) is 0 Å². The third kappa shape index (κ3) is 2.85. The maximum absolute atomic E-state index is 3.57.